The van der Waals surface area contributed by atoms with E-state index in [1.807, 2.05) is 30.3 Å². The van der Waals surface area contributed by atoms with E-state index in [0.29, 0.717) is 19.1 Å². The molecule has 1 unspecified atom stereocenters. The zero-order valence-electron chi connectivity index (χ0n) is 18.0. The molecule has 0 aliphatic carbocycles. The maximum absolute atomic E-state index is 11.8. The van der Waals surface area contributed by atoms with Gasteiger partial charge in [0, 0.05) is 32.6 Å². The molecule has 0 saturated carbocycles. The molecule has 0 aromatic heterocycles. The molecule has 170 valence electrons. The summed E-state index contributed by atoms with van der Waals surface area (Å²) in [7, 11) is -0.220. The molecule has 0 radical (unpaired) electrons. The van der Waals surface area contributed by atoms with Crippen molar-refractivity contribution in [2.75, 3.05) is 33.8 Å². The molecule has 1 fully saturated rings. The second kappa shape index (κ2) is 12.4. The Hall–Kier alpha value is -1.69. The SMILES string of the molecule is CN=C(NCc1ccc(S(=O)(=O)NC)cc1)N1CCC(COCc2ccccc2)C1.I. The Kier molecular flexibility index (Phi) is 10.2. The van der Waals surface area contributed by atoms with Gasteiger partial charge in [0.2, 0.25) is 10.0 Å². The number of rotatable bonds is 8. The number of hydrogen-bond donors (Lipinski definition) is 2. The third-order valence-corrected chi connectivity index (χ3v) is 6.65. The summed E-state index contributed by atoms with van der Waals surface area (Å²) in [6, 6.07) is 17.1. The zero-order valence-corrected chi connectivity index (χ0v) is 21.1. The van der Waals surface area contributed by atoms with Crippen molar-refractivity contribution in [3.63, 3.8) is 0 Å². The Morgan fingerprint density at radius 3 is 2.48 bits per heavy atom. The number of nitrogens with zero attached hydrogens (tertiary/aromatic N) is 2. The number of hydrogen-bond acceptors (Lipinski definition) is 4. The van der Waals surface area contributed by atoms with Crippen LogP contribution < -0.4 is 10.0 Å². The fraction of sp³-hybridized carbons (Fsp3) is 0.409. The van der Waals surface area contributed by atoms with Crippen LogP contribution >= 0.6 is 24.0 Å². The van der Waals surface area contributed by atoms with Gasteiger partial charge in [-0.15, -0.1) is 24.0 Å². The highest BCUT2D eigenvalue weighted by Crippen LogP contribution is 2.18. The molecule has 1 aliphatic rings. The highest BCUT2D eigenvalue weighted by molar-refractivity contribution is 14.0. The number of likely N-dealkylation sites (tertiary alicyclic amines) is 1. The van der Waals surface area contributed by atoms with E-state index < -0.39 is 10.0 Å². The molecule has 0 spiro atoms. The van der Waals surface area contributed by atoms with E-state index >= 15 is 0 Å². The summed E-state index contributed by atoms with van der Waals surface area (Å²) in [5.41, 5.74) is 2.19. The molecule has 7 nitrogen and oxygen atoms in total. The summed E-state index contributed by atoms with van der Waals surface area (Å²) in [4.78, 5) is 6.91. The Balaban J connectivity index is 0.00000341. The van der Waals surface area contributed by atoms with Crippen molar-refractivity contribution in [2.24, 2.45) is 10.9 Å². The first kappa shape index (κ1) is 25.6. The van der Waals surface area contributed by atoms with Crippen LogP contribution in [0.5, 0.6) is 0 Å². The minimum Gasteiger partial charge on any atom is -0.376 e. The molecular weight excluding hydrogens is 527 g/mol. The lowest BCUT2D eigenvalue weighted by molar-refractivity contribution is 0.0906. The van der Waals surface area contributed by atoms with Crippen molar-refractivity contribution in [1.29, 1.82) is 0 Å². The molecule has 2 aromatic carbocycles. The van der Waals surface area contributed by atoms with E-state index in [9.17, 15) is 8.42 Å². The highest BCUT2D eigenvalue weighted by Gasteiger charge is 2.25. The minimum atomic E-state index is -3.41. The second-order valence-electron chi connectivity index (χ2n) is 7.35. The van der Waals surface area contributed by atoms with Crippen molar-refractivity contribution in [3.8, 4) is 0 Å². The van der Waals surface area contributed by atoms with Gasteiger partial charge in [-0.25, -0.2) is 13.1 Å². The van der Waals surface area contributed by atoms with Crippen molar-refractivity contribution < 1.29 is 13.2 Å². The number of guanidine groups is 1. The smallest absolute Gasteiger partial charge is 0.240 e. The van der Waals surface area contributed by atoms with Gasteiger partial charge < -0.3 is 15.0 Å². The monoisotopic (exact) mass is 558 g/mol. The second-order valence-corrected chi connectivity index (χ2v) is 9.24. The minimum absolute atomic E-state index is 0. The van der Waals surface area contributed by atoms with Crippen LogP contribution in [0.3, 0.4) is 0 Å². The Labute approximate surface area is 202 Å². The summed E-state index contributed by atoms with van der Waals surface area (Å²) in [6.45, 7) is 3.82. The van der Waals surface area contributed by atoms with Gasteiger partial charge >= 0.3 is 0 Å². The van der Waals surface area contributed by atoms with E-state index in [1.54, 1.807) is 19.2 Å². The number of halogens is 1. The van der Waals surface area contributed by atoms with Gasteiger partial charge in [0.15, 0.2) is 5.96 Å². The summed E-state index contributed by atoms with van der Waals surface area (Å²) >= 11 is 0. The maximum atomic E-state index is 11.8. The van der Waals surface area contributed by atoms with Gasteiger partial charge in [-0.1, -0.05) is 42.5 Å². The first-order chi connectivity index (χ1) is 14.5. The van der Waals surface area contributed by atoms with Crippen molar-refractivity contribution in [2.45, 2.75) is 24.5 Å². The normalized spacial score (nSPS) is 16.8. The average Bonchev–Trinajstić information content (AvgIpc) is 3.24. The maximum Gasteiger partial charge on any atom is 0.240 e. The molecule has 9 heteroatoms. The first-order valence-corrected chi connectivity index (χ1v) is 11.6. The fourth-order valence-corrected chi connectivity index (χ4v) is 4.23. The van der Waals surface area contributed by atoms with Crippen molar-refractivity contribution >= 4 is 40.0 Å². The Bertz CT molecular complexity index is 937. The van der Waals surface area contributed by atoms with E-state index in [0.717, 1.165) is 37.6 Å². The fourth-order valence-electron chi connectivity index (χ4n) is 3.50. The van der Waals surface area contributed by atoms with Crippen LogP contribution in [0.25, 0.3) is 0 Å². The summed E-state index contributed by atoms with van der Waals surface area (Å²) in [6.07, 6.45) is 1.08. The van der Waals surface area contributed by atoms with E-state index in [-0.39, 0.29) is 28.9 Å². The van der Waals surface area contributed by atoms with Gasteiger partial charge in [-0.2, -0.15) is 0 Å². The summed E-state index contributed by atoms with van der Waals surface area (Å²) in [5.74, 6) is 1.34. The van der Waals surface area contributed by atoms with Crippen molar-refractivity contribution in [3.05, 3.63) is 65.7 Å². The van der Waals surface area contributed by atoms with E-state index in [2.05, 4.69) is 32.1 Å². The number of nitrogens with one attached hydrogen (secondary N) is 2. The lowest BCUT2D eigenvalue weighted by Crippen LogP contribution is -2.39. The molecule has 3 rings (SSSR count). The van der Waals surface area contributed by atoms with Crippen LogP contribution in [-0.2, 0) is 27.9 Å². The number of ether oxygens (including phenoxy) is 1. The summed E-state index contributed by atoms with van der Waals surface area (Å²) in [5, 5.41) is 3.37. The topological polar surface area (TPSA) is 83.0 Å². The molecular formula is C22H31IN4O3S. The third kappa shape index (κ3) is 7.44. The molecule has 2 N–H and O–H groups in total. The first-order valence-electron chi connectivity index (χ1n) is 10.1. The standard InChI is InChI=1S/C22H30N4O3S.HI/c1-23-22(25-14-18-8-10-21(11-9-18)30(27,28)24-2)26-13-12-20(15-26)17-29-16-19-6-4-3-5-7-19;/h3-11,20,24H,12-17H2,1-2H3,(H,23,25);1H. The lowest BCUT2D eigenvalue weighted by Gasteiger charge is -2.22. The predicted octanol–water partition coefficient (Wildman–Crippen LogP) is 2.83. The Morgan fingerprint density at radius 1 is 1.13 bits per heavy atom. The third-order valence-electron chi connectivity index (χ3n) is 5.22. The number of sulfonamides is 1. The summed E-state index contributed by atoms with van der Waals surface area (Å²) < 4.78 is 31.9. The lowest BCUT2D eigenvalue weighted by atomic mass is 10.1. The molecule has 31 heavy (non-hydrogen) atoms. The largest absolute Gasteiger partial charge is 0.376 e. The quantitative estimate of drug-likeness (QED) is 0.296. The van der Waals surface area contributed by atoms with Gasteiger partial charge in [0.1, 0.15) is 0 Å². The molecule has 0 amide bonds. The van der Waals surface area contributed by atoms with Crippen LogP contribution in [0.15, 0.2) is 64.5 Å². The predicted molar refractivity (Wildman–Crippen MR) is 134 cm³/mol. The van der Waals surface area contributed by atoms with Gasteiger partial charge in [-0.05, 0) is 36.7 Å². The molecule has 0 bridgehead atoms. The number of benzene rings is 2. The van der Waals surface area contributed by atoms with Crippen LogP contribution in [0.1, 0.15) is 17.5 Å². The molecule has 1 atom stereocenters. The average molecular weight is 558 g/mol. The van der Waals surface area contributed by atoms with Gasteiger partial charge in [0.05, 0.1) is 18.1 Å². The van der Waals surface area contributed by atoms with Crippen molar-refractivity contribution in [1.82, 2.24) is 14.9 Å². The molecule has 1 saturated heterocycles. The number of aliphatic imine (C=N–C) groups is 1. The molecule has 1 heterocycles. The van der Waals surface area contributed by atoms with Crippen LogP contribution in [-0.4, -0.2) is 53.1 Å². The molecule has 2 aromatic rings. The van der Waals surface area contributed by atoms with E-state index in [1.165, 1.54) is 12.6 Å². The zero-order chi connectivity index (χ0) is 21.4. The van der Waals surface area contributed by atoms with Crippen LogP contribution in [0, 0.1) is 5.92 Å². The van der Waals surface area contributed by atoms with Gasteiger partial charge in [-0.3, -0.25) is 4.99 Å². The molecule has 1 aliphatic heterocycles. The van der Waals surface area contributed by atoms with E-state index in [4.69, 9.17) is 4.74 Å². The highest BCUT2D eigenvalue weighted by atomic mass is 127. The van der Waals surface area contributed by atoms with Crippen LogP contribution in [0.4, 0.5) is 0 Å². The van der Waals surface area contributed by atoms with Crippen LogP contribution in [0.2, 0.25) is 0 Å². The van der Waals surface area contributed by atoms with Gasteiger partial charge in [0.25, 0.3) is 0 Å². The Morgan fingerprint density at radius 2 is 1.84 bits per heavy atom.